The molecular weight excluding hydrogens is 200 g/mol. The molecule has 16 heavy (non-hydrogen) atoms. The van der Waals surface area contributed by atoms with E-state index in [9.17, 15) is 4.79 Å². The molecule has 0 aromatic carbocycles. The van der Waals surface area contributed by atoms with E-state index in [-0.39, 0.29) is 5.78 Å². The number of carbonyl (C=O) groups is 1. The number of pyridine rings is 2. The minimum Gasteiger partial charge on any atom is -0.287 e. The van der Waals surface area contributed by atoms with Crippen LogP contribution < -0.4 is 0 Å². The Hall–Kier alpha value is -2.03. The van der Waals surface area contributed by atoms with Gasteiger partial charge in [0.15, 0.2) is 0 Å². The predicted octanol–water partition coefficient (Wildman–Crippen LogP) is 2.32. The molecule has 0 atom stereocenters. The summed E-state index contributed by atoms with van der Waals surface area (Å²) in [4.78, 5) is 20.2. The molecule has 0 amide bonds. The Balaban J connectivity index is 2.42. The Labute approximate surface area is 94.2 Å². The molecule has 0 saturated carbocycles. The summed E-state index contributed by atoms with van der Waals surface area (Å²) in [5.74, 6) is -0.0781. The normalized spacial score (nSPS) is 10.1. The maximum absolute atomic E-state index is 12.1. The quantitative estimate of drug-likeness (QED) is 0.717. The minimum absolute atomic E-state index is 0.0781. The van der Waals surface area contributed by atoms with Gasteiger partial charge in [0, 0.05) is 24.2 Å². The first kappa shape index (κ1) is 10.5. The fourth-order valence-electron chi connectivity index (χ4n) is 1.59. The summed E-state index contributed by atoms with van der Waals surface area (Å²) in [6.45, 7) is 3.85. The highest BCUT2D eigenvalue weighted by molar-refractivity contribution is 6.08. The van der Waals surface area contributed by atoms with Gasteiger partial charge in [0.2, 0.25) is 5.78 Å². The summed E-state index contributed by atoms with van der Waals surface area (Å²) in [6, 6.07) is 5.45. The van der Waals surface area contributed by atoms with Crippen LogP contribution in [-0.4, -0.2) is 15.8 Å². The molecule has 2 aromatic rings. The third-order valence-electron chi connectivity index (χ3n) is 2.35. The molecule has 0 saturated heterocycles. The van der Waals surface area contributed by atoms with Crippen LogP contribution in [0.15, 0.2) is 36.8 Å². The molecule has 0 spiro atoms. The second kappa shape index (κ2) is 4.23. The third kappa shape index (κ3) is 1.98. The first-order valence-electron chi connectivity index (χ1n) is 5.06. The van der Waals surface area contributed by atoms with Crippen LogP contribution in [0.4, 0.5) is 0 Å². The van der Waals surface area contributed by atoms with Gasteiger partial charge in [-0.2, -0.15) is 0 Å². The fourth-order valence-corrected chi connectivity index (χ4v) is 1.59. The highest BCUT2D eigenvalue weighted by Crippen LogP contribution is 2.12. The Kier molecular flexibility index (Phi) is 2.77. The maximum atomic E-state index is 12.1. The Morgan fingerprint density at radius 1 is 1.25 bits per heavy atom. The van der Waals surface area contributed by atoms with Crippen LogP contribution in [0.25, 0.3) is 0 Å². The highest BCUT2D eigenvalue weighted by atomic mass is 16.1. The van der Waals surface area contributed by atoms with E-state index < -0.39 is 0 Å². The monoisotopic (exact) mass is 212 g/mol. The highest BCUT2D eigenvalue weighted by Gasteiger charge is 2.12. The first-order valence-corrected chi connectivity index (χ1v) is 5.06. The van der Waals surface area contributed by atoms with Gasteiger partial charge >= 0.3 is 0 Å². The molecule has 0 radical (unpaired) electrons. The van der Waals surface area contributed by atoms with E-state index in [1.165, 1.54) is 0 Å². The topological polar surface area (TPSA) is 42.9 Å². The number of hydrogen-bond acceptors (Lipinski definition) is 3. The largest absolute Gasteiger partial charge is 0.287 e. The third-order valence-corrected chi connectivity index (χ3v) is 2.35. The molecule has 0 fully saturated rings. The van der Waals surface area contributed by atoms with Crippen molar-refractivity contribution in [3.05, 3.63) is 59.2 Å². The van der Waals surface area contributed by atoms with Crippen molar-refractivity contribution >= 4 is 5.78 Å². The average molecular weight is 212 g/mol. The zero-order valence-corrected chi connectivity index (χ0v) is 9.27. The molecular formula is C13H12N2O. The van der Waals surface area contributed by atoms with Gasteiger partial charge in [0.05, 0.1) is 0 Å². The maximum Gasteiger partial charge on any atom is 0.213 e. The van der Waals surface area contributed by atoms with E-state index in [4.69, 9.17) is 0 Å². The van der Waals surface area contributed by atoms with Crippen molar-refractivity contribution in [3.8, 4) is 0 Å². The summed E-state index contributed by atoms with van der Waals surface area (Å²) in [5, 5.41) is 0. The number of hydrogen-bond donors (Lipinski definition) is 0. The zero-order chi connectivity index (χ0) is 11.5. The number of aryl methyl sites for hydroxylation is 2. The van der Waals surface area contributed by atoms with Crippen LogP contribution in [0.3, 0.4) is 0 Å². The summed E-state index contributed by atoms with van der Waals surface area (Å²) in [6.07, 6.45) is 4.91. The van der Waals surface area contributed by atoms with Gasteiger partial charge in [-0.25, -0.2) is 0 Å². The van der Waals surface area contributed by atoms with Crippen molar-refractivity contribution in [3.63, 3.8) is 0 Å². The molecule has 3 heteroatoms. The molecule has 0 bridgehead atoms. The Morgan fingerprint density at radius 3 is 2.69 bits per heavy atom. The molecule has 0 aliphatic rings. The predicted molar refractivity (Wildman–Crippen MR) is 61.4 cm³/mol. The summed E-state index contributed by atoms with van der Waals surface area (Å²) in [5.41, 5.74) is 3.02. The van der Waals surface area contributed by atoms with E-state index >= 15 is 0 Å². The SMILES string of the molecule is Cc1cnc(C(=O)c2cccnc2)c(C)c1. The second-order valence-electron chi connectivity index (χ2n) is 3.75. The number of aromatic nitrogens is 2. The van der Waals surface area contributed by atoms with E-state index in [0.717, 1.165) is 11.1 Å². The van der Waals surface area contributed by atoms with Crippen LogP contribution in [-0.2, 0) is 0 Å². The number of carbonyl (C=O) groups excluding carboxylic acids is 1. The van der Waals surface area contributed by atoms with Gasteiger partial charge in [0.25, 0.3) is 0 Å². The molecule has 2 rings (SSSR count). The lowest BCUT2D eigenvalue weighted by molar-refractivity contribution is 0.103. The zero-order valence-electron chi connectivity index (χ0n) is 9.27. The van der Waals surface area contributed by atoms with Gasteiger partial charge in [-0.1, -0.05) is 6.07 Å². The fraction of sp³-hybridized carbons (Fsp3) is 0.154. The van der Waals surface area contributed by atoms with Crippen molar-refractivity contribution < 1.29 is 4.79 Å². The van der Waals surface area contributed by atoms with Crippen LogP contribution in [0.2, 0.25) is 0 Å². The lowest BCUT2D eigenvalue weighted by atomic mass is 10.1. The van der Waals surface area contributed by atoms with Crippen molar-refractivity contribution in [1.82, 2.24) is 9.97 Å². The molecule has 80 valence electrons. The Morgan fingerprint density at radius 2 is 2.06 bits per heavy atom. The summed E-state index contributed by atoms with van der Waals surface area (Å²) in [7, 11) is 0. The number of nitrogens with zero attached hydrogens (tertiary/aromatic N) is 2. The van der Waals surface area contributed by atoms with E-state index in [1.54, 1.807) is 30.7 Å². The van der Waals surface area contributed by atoms with Gasteiger partial charge in [-0.05, 0) is 37.1 Å². The summed E-state index contributed by atoms with van der Waals surface area (Å²) < 4.78 is 0. The smallest absolute Gasteiger partial charge is 0.213 e. The lowest BCUT2D eigenvalue weighted by Gasteiger charge is -2.04. The van der Waals surface area contributed by atoms with Crippen LogP contribution >= 0.6 is 0 Å². The Bertz CT molecular complexity index is 521. The van der Waals surface area contributed by atoms with Gasteiger partial charge < -0.3 is 0 Å². The molecule has 3 nitrogen and oxygen atoms in total. The van der Waals surface area contributed by atoms with E-state index in [1.807, 2.05) is 19.9 Å². The van der Waals surface area contributed by atoms with Gasteiger partial charge in [-0.15, -0.1) is 0 Å². The van der Waals surface area contributed by atoms with Gasteiger partial charge in [-0.3, -0.25) is 14.8 Å². The second-order valence-corrected chi connectivity index (χ2v) is 3.75. The first-order chi connectivity index (χ1) is 7.68. The lowest BCUT2D eigenvalue weighted by Crippen LogP contribution is -2.07. The van der Waals surface area contributed by atoms with Crippen molar-refractivity contribution in [1.29, 1.82) is 0 Å². The van der Waals surface area contributed by atoms with Crippen molar-refractivity contribution in [2.24, 2.45) is 0 Å². The number of ketones is 1. The minimum atomic E-state index is -0.0781. The van der Waals surface area contributed by atoms with Crippen molar-refractivity contribution in [2.75, 3.05) is 0 Å². The molecule has 2 heterocycles. The van der Waals surface area contributed by atoms with Crippen LogP contribution in [0.5, 0.6) is 0 Å². The van der Waals surface area contributed by atoms with Crippen molar-refractivity contribution in [2.45, 2.75) is 13.8 Å². The molecule has 0 aliphatic heterocycles. The molecule has 0 N–H and O–H groups in total. The molecule has 0 unspecified atom stereocenters. The van der Waals surface area contributed by atoms with Gasteiger partial charge in [0.1, 0.15) is 5.69 Å². The van der Waals surface area contributed by atoms with Crippen LogP contribution in [0.1, 0.15) is 27.2 Å². The van der Waals surface area contributed by atoms with E-state index in [0.29, 0.717) is 11.3 Å². The standard InChI is InChI=1S/C13H12N2O/c1-9-6-10(2)12(15-7-9)13(16)11-4-3-5-14-8-11/h3-8H,1-2H3. The van der Waals surface area contributed by atoms with Crippen LogP contribution in [0, 0.1) is 13.8 Å². The van der Waals surface area contributed by atoms with E-state index in [2.05, 4.69) is 9.97 Å². The average Bonchev–Trinajstić information content (AvgIpc) is 2.29. The number of rotatable bonds is 2. The molecule has 0 aliphatic carbocycles. The summed E-state index contributed by atoms with van der Waals surface area (Å²) >= 11 is 0. The molecule has 2 aromatic heterocycles.